The van der Waals surface area contributed by atoms with Crippen molar-refractivity contribution in [2.24, 2.45) is 0 Å². The van der Waals surface area contributed by atoms with Gasteiger partial charge in [0.2, 0.25) is 0 Å². The topological polar surface area (TPSA) is 105 Å². The number of fused-ring (bicyclic) bond motifs is 1. The number of ether oxygens (including phenoxy) is 1. The van der Waals surface area contributed by atoms with Crippen LogP contribution in [-0.4, -0.2) is 61.3 Å². The van der Waals surface area contributed by atoms with E-state index in [-0.39, 0.29) is 23.9 Å². The third-order valence-electron chi connectivity index (χ3n) is 5.38. The molecule has 4 rings (SSSR count). The summed E-state index contributed by atoms with van der Waals surface area (Å²) in [6, 6.07) is 11.5. The van der Waals surface area contributed by atoms with Gasteiger partial charge >= 0.3 is 6.09 Å². The number of anilines is 1. The van der Waals surface area contributed by atoms with Crippen molar-refractivity contribution in [1.82, 2.24) is 24.9 Å². The summed E-state index contributed by atoms with van der Waals surface area (Å²) >= 11 is 6.09. The lowest BCUT2D eigenvalue weighted by Gasteiger charge is -2.31. The van der Waals surface area contributed by atoms with Gasteiger partial charge < -0.3 is 20.1 Å². The van der Waals surface area contributed by atoms with Crippen LogP contribution in [0.4, 0.5) is 10.6 Å². The van der Waals surface area contributed by atoms with Gasteiger partial charge in [0.25, 0.3) is 0 Å². The van der Waals surface area contributed by atoms with Crippen LogP contribution < -0.4 is 5.32 Å². The van der Waals surface area contributed by atoms with Crippen molar-refractivity contribution in [3.05, 3.63) is 47.1 Å². The molecule has 1 aliphatic heterocycles. The van der Waals surface area contributed by atoms with Gasteiger partial charge in [0.05, 0.1) is 17.2 Å². The van der Waals surface area contributed by atoms with Gasteiger partial charge in [-0.3, -0.25) is 4.68 Å². The summed E-state index contributed by atoms with van der Waals surface area (Å²) in [6.07, 6.45) is 1.14. The van der Waals surface area contributed by atoms with Crippen molar-refractivity contribution in [2.45, 2.75) is 44.9 Å². The monoisotopic (exact) mass is 458 g/mol. The maximum atomic E-state index is 12.5. The molecular formula is C22H27ClN6O3. The zero-order chi connectivity index (χ0) is 22.7. The van der Waals surface area contributed by atoms with Gasteiger partial charge in [-0.05, 0) is 32.3 Å². The first-order valence-electron chi connectivity index (χ1n) is 10.6. The fraction of sp³-hybridized carbons (Fsp3) is 0.455. The first kappa shape index (κ1) is 22.3. The number of piperidine rings is 1. The molecule has 2 N–H and O–H groups in total. The average molecular weight is 459 g/mol. The Hall–Kier alpha value is -2.91. The van der Waals surface area contributed by atoms with Crippen LogP contribution in [0.2, 0.25) is 5.15 Å². The van der Waals surface area contributed by atoms with Crippen molar-refractivity contribution < 1.29 is 14.6 Å². The van der Waals surface area contributed by atoms with Crippen LogP contribution in [0.25, 0.3) is 11.0 Å². The van der Waals surface area contributed by atoms with E-state index in [1.165, 1.54) is 0 Å². The molecule has 170 valence electrons. The number of aromatic nitrogens is 4. The van der Waals surface area contributed by atoms with Crippen LogP contribution >= 0.6 is 11.6 Å². The van der Waals surface area contributed by atoms with Crippen LogP contribution in [0.15, 0.2) is 36.4 Å². The van der Waals surface area contributed by atoms with E-state index >= 15 is 0 Å². The predicted molar refractivity (Wildman–Crippen MR) is 122 cm³/mol. The number of hydrogen-bond acceptors (Lipinski definition) is 7. The lowest BCUT2D eigenvalue weighted by molar-refractivity contribution is 0.0825. The van der Waals surface area contributed by atoms with E-state index in [0.717, 1.165) is 23.9 Å². The van der Waals surface area contributed by atoms with Crippen LogP contribution in [-0.2, 0) is 11.3 Å². The highest BCUT2D eigenvalue weighted by molar-refractivity contribution is 6.29. The first-order chi connectivity index (χ1) is 15.3. The van der Waals surface area contributed by atoms with Gasteiger partial charge in [0, 0.05) is 25.7 Å². The molecule has 2 aromatic heterocycles. The summed E-state index contributed by atoms with van der Waals surface area (Å²) in [4.78, 5) is 14.2. The molecule has 32 heavy (non-hydrogen) atoms. The smallest absolute Gasteiger partial charge is 0.410 e. The number of amides is 1. The summed E-state index contributed by atoms with van der Waals surface area (Å²) in [6.45, 7) is 5.14. The lowest BCUT2D eigenvalue weighted by atomic mass is 10.1. The van der Waals surface area contributed by atoms with Gasteiger partial charge in [0.15, 0.2) is 16.5 Å². The number of carbonyl (C=O) groups excluding carboxylic acids is 1. The molecule has 0 spiro atoms. The number of aliphatic hydroxyl groups is 1. The third-order valence-corrected chi connectivity index (χ3v) is 5.57. The number of benzene rings is 1. The van der Waals surface area contributed by atoms with Crippen LogP contribution in [0.1, 0.15) is 38.3 Å². The summed E-state index contributed by atoms with van der Waals surface area (Å²) < 4.78 is 7.36. The zero-order valence-corrected chi connectivity index (χ0v) is 18.9. The van der Waals surface area contributed by atoms with E-state index in [1.807, 2.05) is 35.0 Å². The summed E-state index contributed by atoms with van der Waals surface area (Å²) in [7, 11) is 0. The molecule has 3 heterocycles. The molecule has 3 aromatic rings. The molecular weight excluding hydrogens is 432 g/mol. The van der Waals surface area contributed by atoms with Crippen molar-refractivity contribution in [1.29, 1.82) is 0 Å². The Morgan fingerprint density at radius 3 is 2.66 bits per heavy atom. The van der Waals surface area contributed by atoms with Crippen molar-refractivity contribution in [2.75, 3.05) is 25.0 Å². The number of nitrogens with zero attached hydrogens (tertiary/aromatic N) is 5. The lowest BCUT2D eigenvalue weighted by Crippen LogP contribution is -2.39. The van der Waals surface area contributed by atoms with Crippen molar-refractivity contribution in [3.63, 3.8) is 0 Å². The standard InChI is InChI=1S/C22H27ClN6O3/c1-22(2,31)14-24-20-19-17(12-18(23)25-26-19)29(27-20)16-8-10-28(11-9-16)21(30)32-13-15-6-4-3-5-7-15/h3-7,12,16,31H,8-11,13-14H2,1-2H3,(H,24,27). The normalized spacial score (nSPS) is 15.2. The molecule has 0 aliphatic carbocycles. The van der Waals surface area contributed by atoms with E-state index in [0.29, 0.717) is 31.0 Å². The molecule has 0 bridgehead atoms. The van der Waals surface area contributed by atoms with Crippen molar-refractivity contribution in [3.8, 4) is 0 Å². The van der Waals surface area contributed by atoms with Crippen LogP contribution in [0.5, 0.6) is 0 Å². The maximum absolute atomic E-state index is 12.5. The number of hydrogen-bond donors (Lipinski definition) is 2. The van der Waals surface area contributed by atoms with E-state index in [1.54, 1.807) is 24.8 Å². The Labute approximate surface area is 191 Å². The quantitative estimate of drug-likeness (QED) is 0.580. The second-order valence-electron chi connectivity index (χ2n) is 8.62. The molecule has 1 fully saturated rings. The van der Waals surface area contributed by atoms with E-state index in [2.05, 4.69) is 15.5 Å². The Bertz CT molecular complexity index is 1070. The number of halogens is 1. The number of rotatable bonds is 6. The van der Waals surface area contributed by atoms with Crippen molar-refractivity contribution >= 4 is 34.5 Å². The second kappa shape index (κ2) is 9.30. The Kier molecular flexibility index (Phi) is 6.48. The first-order valence-corrected chi connectivity index (χ1v) is 11.0. The fourth-order valence-corrected chi connectivity index (χ4v) is 3.85. The third kappa shape index (κ3) is 5.28. The molecule has 0 unspecified atom stereocenters. The Morgan fingerprint density at radius 2 is 1.97 bits per heavy atom. The molecule has 1 saturated heterocycles. The number of carbonyl (C=O) groups is 1. The second-order valence-corrected chi connectivity index (χ2v) is 9.01. The zero-order valence-electron chi connectivity index (χ0n) is 18.2. The van der Waals surface area contributed by atoms with E-state index in [4.69, 9.17) is 21.4 Å². The average Bonchev–Trinajstić information content (AvgIpc) is 3.14. The van der Waals surface area contributed by atoms with Gasteiger partial charge in [-0.1, -0.05) is 41.9 Å². The molecule has 1 aromatic carbocycles. The Balaban J connectivity index is 1.43. The van der Waals surface area contributed by atoms with Gasteiger partial charge in [-0.25, -0.2) is 4.79 Å². The molecule has 9 nitrogen and oxygen atoms in total. The summed E-state index contributed by atoms with van der Waals surface area (Å²) in [5, 5.41) is 26.3. The Morgan fingerprint density at radius 1 is 1.25 bits per heavy atom. The highest BCUT2D eigenvalue weighted by Gasteiger charge is 2.28. The SMILES string of the molecule is CC(C)(O)CNc1nn(C2CCN(C(=O)OCc3ccccc3)CC2)c2cc(Cl)nnc12. The van der Waals surface area contributed by atoms with Gasteiger partial charge in [0.1, 0.15) is 6.61 Å². The molecule has 0 radical (unpaired) electrons. The highest BCUT2D eigenvalue weighted by atomic mass is 35.5. The minimum Gasteiger partial charge on any atom is -0.445 e. The molecule has 10 heteroatoms. The molecule has 1 aliphatic rings. The number of likely N-dealkylation sites (tertiary alicyclic amines) is 1. The minimum atomic E-state index is -0.901. The van der Waals surface area contributed by atoms with E-state index < -0.39 is 5.60 Å². The highest BCUT2D eigenvalue weighted by Crippen LogP contribution is 2.30. The summed E-state index contributed by atoms with van der Waals surface area (Å²) in [5.41, 5.74) is 1.43. The molecule has 0 atom stereocenters. The van der Waals surface area contributed by atoms with Gasteiger partial charge in [-0.2, -0.15) is 5.10 Å². The maximum Gasteiger partial charge on any atom is 0.410 e. The fourth-order valence-electron chi connectivity index (χ4n) is 3.71. The van der Waals surface area contributed by atoms with Crippen LogP contribution in [0, 0.1) is 0 Å². The van der Waals surface area contributed by atoms with Crippen LogP contribution in [0.3, 0.4) is 0 Å². The summed E-state index contributed by atoms with van der Waals surface area (Å²) in [5.74, 6) is 0.552. The number of nitrogens with one attached hydrogen (secondary N) is 1. The van der Waals surface area contributed by atoms with E-state index in [9.17, 15) is 9.90 Å². The predicted octanol–water partition coefficient (Wildman–Crippen LogP) is 3.64. The molecule has 1 amide bonds. The van der Waals surface area contributed by atoms with Gasteiger partial charge in [-0.15, -0.1) is 10.2 Å². The minimum absolute atomic E-state index is 0.0774. The largest absolute Gasteiger partial charge is 0.445 e. The molecule has 0 saturated carbocycles.